The largest absolute Gasteiger partial charge is 0.321 e. The SMILES string of the molecule is Cc1ccc2c(c1)CCc1cccnc1C2=O.Clc1ccc2c(c1)CCc1cccnc1C2=Nc1ccccc1.O=C(Nc1ccccc1)c1ncccc1CCc1cccc(Cl)c1. The molecule has 0 fully saturated rings. The fraction of sp³-hybridized carbons (Fsp3) is 0.127. The average Bonchev–Trinajstić information content (AvgIpc) is 3.56. The van der Waals surface area contributed by atoms with Gasteiger partial charge in [0.05, 0.1) is 17.1 Å². The number of para-hydroxylation sites is 2. The summed E-state index contributed by atoms with van der Waals surface area (Å²) in [6.45, 7) is 2.06. The number of carbonyl (C=O) groups excluding carboxylic acids is 2. The molecule has 0 radical (unpaired) electrons. The summed E-state index contributed by atoms with van der Waals surface area (Å²) in [5, 5.41) is 4.37. The molecule has 2 aliphatic carbocycles. The molecule has 5 aromatic carbocycles. The van der Waals surface area contributed by atoms with Gasteiger partial charge in [-0.25, -0.2) is 4.99 Å². The Balaban J connectivity index is 0.000000133. The monoisotopic (exact) mass is 877 g/mol. The number of anilines is 1. The van der Waals surface area contributed by atoms with E-state index in [1.54, 1.807) is 12.4 Å². The molecule has 0 saturated heterocycles. The number of aryl methyl sites for hydroxylation is 7. The van der Waals surface area contributed by atoms with E-state index in [1.807, 2.05) is 146 Å². The lowest BCUT2D eigenvalue weighted by molar-refractivity contribution is 0.101. The molecule has 1 amide bonds. The minimum absolute atomic E-state index is 0.0631. The molecular weight excluding hydrogens is 834 g/mol. The Morgan fingerprint density at radius 2 is 1.20 bits per heavy atom. The topological polar surface area (TPSA) is 97.2 Å². The van der Waals surface area contributed by atoms with Gasteiger partial charge in [0.2, 0.25) is 5.78 Å². The highest BCUT2D eigenvalue weighted by Crippen LogP contribution is 2.29. The first-order valence-electron chi connectivity index (χ1n) is 21.3. The maximum Gasteiger partial charge on any atom is 0.274 e. The Morgan fingerprint density at radius 3 is 1.95 bits per heavy atom. The van der Waals surface area contributed by atoms with E-state index in [-0.39, 0.29) is 11.7 Å². The maximum atomic E-state index is 12.5. The highest BCUT2D eigenvalue weighted by atomic mass is 35.5. The normalized spacial score (nSPS) is 12.9. The Hall–Kier alpha value is -7.06. The standard InChI is InChI=1S/C20H17ClN2O.C20H15ClN2.C15H13NO/c21-17-8-4-6-15(14-17)11-12-16-7-5-13-22-19(16)20(24)23-18-9-2-1-3-10-18;21-16-10-11-18-15(13-16)9-8-14-5-4-12-22-19(14)20(18)23-17-6-2-1-3-7-17;1-10-4-7-13-12(9-10)6-5-11-3-2-8-16-14(11)15(13)17/h1-10,13-14H,11-12H2,(H,23,24);1-7,10-13H,8-9H2;2-4,7-9H,5-6H2,1H3. The summed E-state index contributed by atoms with van der Waals surface area (Å²) in [4.78, 5) is 42.9. The molecule has 0 saturated carbocycles. The Bertz CT molecular complexity index is 2950. The second kappa shape index (κ2) is 20.9. The van der Waals surface area contributed by atoms with E-state index in [4.69, 9.17) is 28.2 Å². The molecule has 8 aromatic rings. The molecule has 3 aromatic heterocycles. The van der Waals surface area contributed by atoms with Gasteiger partial charge in [-0.15, -0.1) is 0 Å². The van der Waals surface area contributed by atoms with E-state index in [9.17, 15) is 9.59 Å². The van der Waals surface area contributed by atoms with E-state index in [0.29, 0.717) is 11.4 Å². The van der Waals surface area contributed by atoms with Crippen molar-refractivity contribution in [2.24, 2.45) is 4.99 Å². The molecule has 10 rings (SSSR count). The number of hydrogen-bond donors (Lipinski definition) is 1. The minimum Gasteiger partial charge on any atom is -0.321 e. The van der Waals surface area contributed by atoms with Crippen molar-refractivity contribution in [1.82, 2.24) is 15.0 Å². The van der Waals surface area contributed by atoms with Crippen LogP contribution in [0.1, 0.15) is 76.7 Å². The van der Waals surface area contributed by atoms with Crippen molar-refractivity contribution in [3.05, 3.63) is 254 Å². The van der Waals surface area contributed by atoms with Crippen LogP contribution in [0.25, 0.3) is 0 Å². The van der Waals surface area contributed by atoms with Gasteiger partial charge in [-0.2, -0.15) is 0 Å². The number of rotatable bonds is 6. The summed E-state index contributed by atoms with van der Waals surface area (Å²) in [6.07, 6.45) is 10.4. The van der Waals surface area contributed by atoms with Crippen molar-refractivity contribution in [2.75, 3.05) is 5.32 Å². The molecule has 7 nitrogen and oxygen atoms in total. The van der Waals surface area contributed by atoms with E-state index in [2.05, 4.69) is 45.4 Å². The third-order valence-corrected chi connectivity index (χ3v) is 11.6. The molecule has 0 bridgehead atoms. The van der Waals surface area contributed by atoms with Gasteiger partial charge in [-0.05, 0) is 146 Å². The highest BCUT2D eigenvalue weighted by Gasteiger charge is 2.23. The van der Waals surface area contributed by atoms with Crippen LogP contribution in [0.3, 0.4) is 0 Å². The molecule has 1 N–H and O–H groups in total. The molecule has 0 spiro atoms. The van der Waals surface area contributed by atoms with Crippen LogP contribution < -0.4 is 5.32 Å². The average molecular weight is 879 g/mol. The number of hydrogen-bond acceptors (Lipinski definition) is 6. The second-order valence-electron chi connectivity index (χ2n) is 15.6. The summed E-state index contributed by atoms with van der Waals surface area (Å²) in [5.41, 5.74) is 14.5. The predicted octanol–water partition coefficient (Wildman–Crippen LogP) is 12.5. The molecule has 64 heavy (non-hydrogen) atoms. The van der Waals surface area contributed by atoms with E-state index < -0.39 is 0 Å². The van der Waals surface area contributed by atoms with Gasteiger partial charge in [0, 0.05) is 45.5 Å². The Kier molecular flexibility index (Phi) is 14.2. The van der Waals surface area contributed by atoms with Crippen LogP contribution in [0.5, 0.6) is 0 Å². The molecule has 316 valence electrons. The number of amides is 1. The predicted molar refractivity (Wildman–Crippen MR) is 259 cm³/mol. The number of aromatic nitrogens is 3. The number of nitrogens with one attached hydrogen (secondary N) is 1. The van der Waals surface area contributed by atoms with Gasteiger partial charge in [0.1, 0.15) is 11.4 Å². The van der Waals surface area contributed by atoms with Gasteiger partial charge in [0.15, 0.2) is 0 Å². The van der Waals surface area contributed by atoms with Gasteiger partial charge in [0.25, 0.3) is 5.91 Å². The van der Waals surface area contributed by atoms with Crippen LogP contribution in [0.15, 0.2) is 181 Å². The van der Waals surface area contributed by atoms with E-state index in [0.717, 1.165) is 105 Å². The van der Waals surface area contributed by atoms with Crippen molar-refractivity contribution in [3.63, 3.8) is 0 Å². The third kappa shape index (κ3) is 10.9. The molecule has 0 aliphatic heterocycles. The molecule has 0 atom stereocenters. The number of benzene rings is 5. The number of aliphatic imine (C=N–C) groups is 1. The van der Waals surface area contributed by atoms with Gasteiger partial charge < -0.3 is 5.32 Å². The summed E-state index contributed by atoms with van der Waals surface area (Å²) >= 11 is 12.2. The number of ketones is 1. The second-order valence-corrected chi connectivity index (χ2v) is 16.4. The number of fused-ring (bicyclic) bond motifs is 4. The van der Waals surface area contributed by atoms with Crippen LogP contribution in [0, 0.1) is 6.92 Å². The fourth-order valence-corrected chi connectivity index (χ4v) is 8.32. The number of carbonyl (C=O) groups is 2. The van der Waals surface area contributed by atoms with Crippen LogP contribution in [0.2, 0.25) is 10.0 Å². The molecular formula is C55H45Cl2N5O2. The summed E-state index contributed by atoms with van der Waals surface area (Å²) in [7, 11) is 0. The van der Waals surface area contributed by atoms with Gasteiger partial charge in [-0.1, -0.05) is 120 Å². The zero-order chi connectivity index (χ0) is 44.3. The number of halogens is 2. The van der Waals surface area contributed by atoms with Crippen LogP contribution >= 0.6 is 23.2 Å². The number of nitrogens with zero attached hydrogens (tertiary/aromatic N) is 4. The Morgan fingerprint density at radius 1 is 0.578 bits per heavy atom. The van der Waals surface area contributed by atoms with Crippen molar-refractivity contribution in [2.45, 2.75) is 45.4 Å². The van der Waals surface area contributed by atoms with Crippen molar-refractivity contribution in [1.29, 1.82) is 0 Å². The fourth-order valence-electron chi connectivity index (χ4n) is 7.92. The summed E-state index contributed by atoms with van der Waals surface area (Å²) in [6, 6.07) is 51.0. The minimum atomic E-state index is -0.192. The smallest absolute Gasteiger partial charge is 0.274 e. The quantitative estimate of drug-likeness (QED) is 0.179. The maximum absolute atomic E-state index is 12.5. The lowest BCUT2D eigenvalue weighted by atomic mass is 9.99. The summed E-state index contributed by atoms with van der Waals surface area (Å²) < 4.78 is 0. The zero-order valence-electron chi connectivity index (χ0n) is 35.3. The van der Waals surface area contributed by atoms with E-state index >= 15 is 0 Å². The van der Waals surface area contributed by atoms with Crippen molar-refractivity contribution in [3.8, 4) is 0 Å². The zero-order valence-corrected chi connectivity index (χ0v) is 36.9. The van der Waals surface area contributed by atoms with Gasteiger partial charge >= 0.3 is 0 Å². The van der Waals surface area contributed by atoms with Crippen LogP contribution in [0.4, 0.5) is 11.4 Å². The summed E-state index contributed by atoms with van der Waals surface area (Å²) in [5.74, 6) is -0.129. The van der Waals surface area contributed by atoms with Crippen LogP contribution in [-0.2, 0) is 38.5 Å². The van der Waals surface area contributed by atoms with E-state index in [1.165, 1.54) is 16.7 Å². The highest BCUT2D eigenvalue weighted by molar-refractivity contribution is 6.31. The Labute approximate surface area is 384 Å². The molecule has 3 heterocycles. The lowest BCUT2D eigenvalue weighted by Crippen LogP contribution is -2.16. The third-order valence-electron chi connectivity index (χ3n) is 11.1. The van der Waals surface area contributed by atoms with Crippen molar-refractivity contribution < 1.29 is 9.59 Å². The molecule has 2 aliphatic rings. The molecule has 0 unspecified atom stereocenters. The van der Waals surface area contributed by atoms with Crippen LogP contribution in [-0.4, -0.2) is 32.4 Å². The first-order valence-corrected chi connectivity index (χ1v) is 22.0. The first-order chi connectivity index (χ1) is 31.3. The van der Waals surface area contributed by atoms with Gasteiger partial charge in [-0.3, -0.25) is 24.5 Å². The van der Waals surface area contributed by atoms with Crippen molar-refractivity contribution >= 4 is 52.0 Å². The first kappa shape index (κ1) is 43.6. The lowest BCUT2D eigenvalue weighted by Gasteiger charge is -2.10. The molecule has 9 heteroatoms. The number of pyridine rings is 3.